The summed E-state index contributed by atoms with van der Waals surface area (Å²) in [5.41, 5.74) is 2.32. The fraction of sp³-hybridized carbons (Fsp3) is 0.412. The van der Waals surface area contributed by atoms with Gasteiger partial charge in [0.15, 0.2) is 5.96 Å². The lowest BCUT2D eigenvalue weighted by Crippen LogP contribution is -2.38. The van der Waals surface area contributed by atoms with Gasteiger partial charge in [0, 0.05) is 43.4 Å². The lowest BCUT2D eigenvalue weighted by atomic mass is 10.1. The molecule has 0 unspecified atom stereocenters. The highest BCUT2D eigenvalue weighted by Gasteiger charge is 2.02. The van der Waals surface area contributed by atoms with Gasteiger partial charge in [-0.1, -0.05) is 29.3 Å². The number of nitrogens with zero attached hydrogens (tertiary/aromatic N) is 3. The third-order valence-electron chi connectivity index (χ3n) is 3.62. The Morgan fingerprint density at radius 2 is 2.00 bits per heavy atom. The van der Waals surface area contributed by atoms with Gasteiger partial charge in [0.1, 0.15) is 0 Å². The first-order valence-electron chi connectivity index (χ1n) is 7.94. The van der Waals surface area contributed by atoms with Crippen LogP contribution in [0.4, 0.5) is 0 Å². The summed E-state index contributed by atoms with van der Waals surface area (Å²) < 4.78 is 1.81. The van der Waals surface area contributed by atoms with Crippen LogP contribution in [-0.4, -0.2) is 35.9 Å². The molecule has 0 saturated heterocycles. The zero-order valence-electron chi connectivity index (χ0n) is 14.0. The summed E-state index contributed by atoms with van der Waals surface area (Å²) in [6.45, 7) is 1.64. The van der Waals surface area contributed by atoms with E-state index in [4.69, 9.17) is 23.2 Å². The minimum atomic E-state index is 0.667. The summed E-state index contributed by atoms with van der Waals surface area (Å²) in [6, 6.07) is 5.63. The summed E-state index contributed by atoms with van der Waals surface area (Å²) in [6.07, 6.45) is 6.68. The second kappa shape index (κ2) is 9.55. The van der Waals surface area contributed by atoms with Crippen LogP contribution in [0.25, 0.3) is 0 Å². The van der Waals surface area contributed by atoms with Gasteiger partial charge in [0.05, 0.1) is 6.20 Å². The predicted molar refractivity (Wildman–Crippen MR) is 101 cm³/mol. The van der Waals surface area contributed by atoms with Gasteiger partial charge in [-0.3, -0.25) is 9.67 Å². The van der Waals surface area contributed by atoms with Crippen molar-refractivity contribution < 1.29 is 0 Å². The summed E-state index contributed by atoms with van der Waals surface area (Å²) in [5, 5.41) is 12.2. The number of rotatable bonds is 7. The molecular weight excluding hydrogens is 345 g/mol. The molecule has 0 amide bonds. The maximum atomic E-state index is 6.18. The Labute approximate surface area is 153 Å². The van der Waals surface area contributed by atoms with Crippen LogP contribution in [-0.2, 0) is 19.9 Å². The fourth-order valence-electron chi connectivity index (χ4n) is 2.36. The Kier molecular flexibility index (Phi) is 7.40. The van der Waals surface area contributed by atoms with Crippen molar-refractivity contribution in [3.8, 4) is 0 Å². The first-order chi connectivity index (χ1) is 11.6. The molecule has 130 valence electrons. The standard InChI is InChI=1S/C17H23Cl2N5/c1-20-17(22-9-7-13-11-23-24(2)12-13)21-8-3-4-14-5-6-15(18)10-16(14)19/h5-6,10-12H,3-4,7-9H2,1-2H3,(H2,20,21,22). The van der Waals surface area contributed by atoms with Crippen LogP contribution in [0.15, 0.2) is 35.6 Å². The molecule has 0 bridgehead atoms. The van der Waals surface area contributed by atoms with Gasteiger partial charge in [-0.2, -0.15) is 5.10 Å². The van der Waals surface area contributed by atoms with Crippen molar-refractivity contribution in [3.63, 3.8) is 0 Å². The Morgan fingerprint density at radius 3 is 2.67 bits per heavy atom. The van der Waals surface area contributed by atoms with Crippen molar-refractivity contribution in [2.75, 3.05) is 20.1 Å². The zero-order valence-corrected chi connectivity index (χ0v) is 15.5. The number of nitrogens with one attached hydrogen (secondary N) is 2. The molecule has 0 aliphatic heterocycles. The van der Waals surface area contributed by atoms with Crippen LogP contribution in [0.3, 0.4) is 0 Å². The smallest absolute Gasteiger partial charge is 0.190 e. The van der Waals surface area contributed by atoms with Gasteiger partial charge in [-0.15, -0.1) is 0 Å². The Hall–Kier alpha value is -1.72. The predicted octanol–water partition coefficient (Wildman–Crippen LogP) is 3.07. The van der Waals surface area contributed by atoms with Crippen LogP contribution < -0.4 is 10.6 Å². The lowest BCUT2D eigenvalue weighted by Gasteiger charge is -2.11. The topological polar surface area (TPSA) is 54.2 Å². The highest BCUT2D eigenvalue weighted by atomic mass is 35.5. The SMILES string of the molecule is CN=C(NCCCc1ccc(Cl)cc1Cl)NCCc1cnn(C)c1. The van der Waals surface area contributed by atoms with E-state index in [9.17, 15) is 0 Å². The second-order valence-corrected chi connectivity index (χ2v) is 6.38. The molecule has 2 aromatic rings. The van der Waals surface area contributed by atoms with Crippen molar-refractivity contribution in [1.82, 2.24) is 20.4 Å². The molecule has 5 nitrogen and oxygen atoms in total. The largest absolute Gasteiger partial charge is 0.356 e. The highest BCUT2D eigenvalue weighted by Crippen LogP contribution is 2.21. The molecule has 0 aliphatic carbocycles. The number of aliphatic imine (C=N–C) groups is 1. The van der Waals surface area contributed by atoms with E-state index < -0.39 is 0 Å². The fourth-order valence-corrected chi connectivity index (χ4v) is 2.86. The van der Waals surface area contributed by atoms with Crippen LogP contribution >= 0.6 is 23.2 Å². The summed E-state index contributed by atoms with van der Waals surface area (Å²) in [4.78, 5) is 4.23. The van der Waals surface area contributed by atoms with E-state index in [0.29, 0.717) is 5.02 Å². The van der Waals surface area contributed by atoms with Gasteiger partial charge in [0.25, 0.3) is 0 Å². The second-order valence-electron chi connectivity index (χ2n) is 5.54. The van der Waals surface area contributed by atoms with Gasteiger partial charge < -0.3 is 10.6 Å². The van der Waals surface area contributed by atoms with Gasteiger partial charge in [-0.05, 0) is 42.5 Å². The third kappa shape index (κ3) is 6.06. The molecule has 1 aromatic carbocycles. The molecule has 0 atom stereocenters. The number of halogens is 2. The van der Waals surface area contributed by atoms with E-state index in [1.165, 1.54) is 5.56 Å². The van der Waals surface area contributed by atoms with E-state index >= 15 is 0 Å². The third-order valence-corrected chi connectivity index (χ3v) is 4.21. The first-order valence-corrected chi connectivity index (χ1v) is 8.70. The normalized spacial score (nSPS) is 11.6. The maximum Gasteiger partial charge on any atom is 0.190 e. The molecule has 2 rings (SSSR count). The average Bonchev–Trinajstić information content (AvgIpc) is 2.96. The number of benzene rings is 1. The number of guanidine groups is 1. The van der Waals surface area contributed by atoms with E-state index in [2.05, 4.69) is 20.7 Å². The summed E-state index contributed by atoms with van der Waals surface area (Å²) in [5.74, 6) is 0.807. The molecule has 2 N–H and O–H groups in total. The molecule has 0 fully saturated rings. The Morgan fingerprint density at radius 1 is 1.21 bits per heavy atom. The number of hydrogen-bond acceptors (Lipinski definition) is 2. The molecule has 0 saturated carbocycles. The van der Waals surface area contributed by atoms with Crippen LogP contribution in [0, 0.1) is 0 Å². The molecule has 0 aliphatic rings. The lowest BCUT2D eigenvalue weighted by molar-refractivity contribution is 0.738. The number of aryl methyl sites for hydroxylation is 2. The van der Waals surface area contributed by atoms with E-state index in [1.807, 2.05) is 36.3 Å². The van der Waals surface area contributed by atoms with Crippen molar-refractivity contribution >= 4 is 29.2 Å². The van der Waals surface area contributed by atoms with Crippen molar-refractivity contribution in [3.05, 3.63) is 51.8 Å². The summed E-state index contributed by atoms with van der Waals surface area (Å²) in [7, 11) is 3.69. The van der Waals surface area contributed by atoms with Crippen LogP contribution in [0.5, 0.6) is 0 Å². The Bertz CT molecular complexity index is 681. The Balaban J connectivity index is 1.66. The molecule has 0 spiro atoms. The minimum absolute atomic E-state index is 0.667. The minimum Gasteiger partial charge on any atom is -0.356 e. The van der Waals surface area contributed by atoms with Gasteiger partial charge >= 0.3 is 0 Å². The quantitative estimate of drug-likeness (QED) is 0.449. The molecule has 1 aromatic heterocycles. The zero-order chi connectivity index (χ0) is 17.4. The maximum absolute atomic E-state index is 6.18. The van der Waals surface area contributed by atoms with Crippen molar-refractivity contribution in [2.24, 2.45) is 12.0 Å². The van der Waals surface area contributed by atoms with Gasteiger partial charge in [0.2, 0.25) is 0 Å². The molecule has 0 radical (unpaired) electrons. The molecular formula is C17H23Cl2N5. The summed E-state index contributed by atoms with van der Waals surface area (Å²) >= 11 is 12.1. The van der Waals surface area contributed by atoms with Crippen LogP contribution in [0.2, 0.25) is 10.0 Å². The van der Waals surface area contributed by atoms with E-state index in [-0.39, 0.29) is 0 Å². The molecule has 1 heterocycles. The van der Waals surface area contributed by atoms with Crippen molar-refractivity contribution in [1.29, 1.82) is 0 Å². The number of hydrogen-bond donors (Lipinski definition) is 2. The molecule has 24 heavy (non-hydrogen) atoms. The van der Waals surface area contributed by atoms with E-state index in [1.54, 1.807) is 13.1 Å². The highest BCUT2D eigenvalue weighted by molar-refractivity contribution is 6.35. The van der Waals surface area contributed by atoms with Crippen molar-refractivity contribution in [2.45, 2.75) is 19.3 Å². The number of aromatic nitrogens is 2. The first kappa shape index (κ1) is 18.6. The van der Waals surface area contributed by atoms with Gasteiger partial charge in [-0.25, -0.2) is 0 Å². The monoisotopic (exact) mass is 367 g/mol. The van der Waals surface area contributed by atoms with E-state index in [0.717, 1.165) is 48.9 Å². The average molecular weight is 368 g/mol. The van der Waals surface area contributed by atoms with Crippen LogP contribution in [0.1, 0.15) is 17.5 Å². The molecule has 7 heteroatoms.